The van der Waals surface area contributed by atoms with E-state index in [1.165, 1.54) is 12.3 Å². The number of hydrogen-bond acceptors (Lipinski definition) is 5. The Hall–Kier alpha value is -1.58. The summed E-state index contributed by atoms with van der Waals surface area (Å²) < 4.78 is 13.0. The number of nitrogens with one attached hydrogen (secondary N) is 1. The highest BCUT2D eigenvalue weighted by Crippen LogP contribution is 2.36. The van der Waals surface area contributed by atoms with Gasteiger partial charge in [0.05, 0.1) is 21.8 Å². The summed E-state index contributed by atoms with van der Waals surface area (Å²) in [6, 6.07) is 8.45. The Bertz CT molecular complexity index is 805. The Labute approximate surface area is 176 Å². The fraction of sp³-hybridized carbons (Fsp3) is 0.176. The first-order chi connectivity index (χ1) is 12.4. The summed E-state index contributed by atoms with van der Waals surface area (Å²) >= 11 is 10.1. The zero-order chi connectivity index (χ0) is 19.1. The van der Waals surface area contributed by atoms with Crippen molar-refractivity contribution in [3.05, 3.63) is 49.3 Å². The minimum Gasteiger partial charge on any atom is -0.507 e. The molecule has 2 rings (SSSR count). The number of phenolic OH excluding ortho intramolecular Hbond substituents is 1. The molecule has 1 amide bonds. The number of phenols is 1. The SMILES string of the molecule is CCOc1ccc(/C=N\NC(=O)COc2c(Br)cc(Br)cc2Br)c(O)c1. The molecule has 0 aromatic heterocycles. The van der Waals surface area contributed by atoms with Crippen LogP contribution in [0.4, 0.5) is 0 Å². The third-order valence-electron chi connectivity index (χ3n) is 3.02. The Balaban J connectivity index is 1.90. The molecule has 0 atom stereocenters. The number of hydrogen-bond donors (Lipinski definition) is 2. The normalized spacial score (nSPS) is 10.8. The van der Waals surface area contributed by atoms with Gasteiger partial charge in [-0.05, 0) is 63.0 Å². The van der Waals surface area contributed by atoms with Crippen LogP contribution in [0.25, 0.3) is 0 Å². The smallest absolute Gasteiger partial charge is 0.277 e. The maximum absolute atomic E-state index is 11.8. The predicted octanol–water partition coefficient (Wildman–Crippen LogP) is 4.61. The van der Waals surface area contributed by atoms with E-state index in [1.807, 2.05) is 19.1 Å². The average Bonchev–Trinajstić information content (AvgIpc) is 2.56. The van der Waals surface area contributed by atoms with E-state index in [0.717, 1.165) is 4.47 Å². The number of carbonyl (C=O) groups is 1. The van der Waals surface area contributed by atoms with Gasteiger partial charge in [-0.1, -0.05) is 15.9 Å². The van der Waals surface area contributed by atoms with E-state index in [-0.39, 0.29) is 12.4 Å². The minimum absolute atomic E-state index is 0.00734. The summed E-state index contributed by atoms with van der Waals surface area (Å²) in [5.41, 5.74) is 2.79. The molecule has 0 saturated carbocycles. The van der Waals surface area contributed by atoms with Crippen LogP contribution in [0, 0.1) is 0 Å². The lowest BCUT2D eigenvalue weighted by Gasteiger charge is -2.10. The zero-order valence-corrected chi connectivity index (χ0v) is 18.4. The largest absolute Gasteiger partial charge is 0.507 e. The monoisotopic (exact) mass is 548 g/mol. The summed E-state index contributed by atoms with van der Waals surface area (Å²) in [7, 11) is 0. The van der Waals surface area contributed by atoms with E-state index >= 15 is 0 Å². The van der Waals surface area contributed by atoms with Gasteiger partial charge in [0.1, 0.15) is 17.2 Å². The van der Waals surface area contributed by atoms with Gasteiger partial charge in [-0.15, -0.1) is 0 Å². The molecule has 0 radical (unpaired) electrons. The van der Waals surface area contributed by atoms with Crippen molar-refractivity contribution in [3.8, 4) is 17.2 Å². The first kappa shape index (κ1) is 20.7. The van der Waals surface area contributed by atoms with Gasteiger partial charge in [-0.25, -0.2) is 5.43 Å². The van der Waals surface area contributed by atoms with E-state index in [4.69, 9.17) is 9.47 Å². The fourth-order valence-corrected chi connectivity index (χ4v) is 4.39. The number of nitrogens with zero attached hydrogens (tertiary/aromatic N) is 1. The molecule has 0 bridgehead atoms. The Kier molecular flexibility index (Phi) is 7.92. The van der Waals surface area contributed by atoms with E-state index < -0.39 is 5.91 Å². The van der Waals surface area contributed by atoms with Crippen molar-refractivity contribution in [2.24, 2.45) is 5.10 Å². The summed E-state index contributed by atoms with van der Waals surface area (Å²) in [6.45, 7) is 2.15. The van der Waals surface area contributed by atoms with E-state index in [9.17, 15) is 9.90 Å². The molecule has 0 aliphatic carbocycles. The molecule has 0 fully saturated rings. The van der Waals surface area contributed by atoms with Crippen LogP contribution in [-0.2, 0) is 4.79 Å². The predicted molar refractivity (Wildman–Crippen MR) is 110 cm³/mol. The number of ether oxygens (including phenoxy) is 2. The van der Waals surface area contributed by atoms with Gasteiger partial charge in [0.25, 0.3) is 5.91 Å². The van der Waals surface area contributed by atoms with Crippen LogP contribution in [0.2, 0.25) is 0 Å². The van der Waals surface area contributed by atoms with E-state index in [1.54, 1.807) is 12.1 Å². The molecule has 0 heterocycles. The number of aromatic hydroxyl groups is 1. The number of halogens is 3. The molecular weight excluding hydrogens is 536 g/mol. The second kappa shape index (κ2) is 9.94. The number of carbonyl (C=O) groups excluding carboxylic acids is 1. The molecule has 6 nitrogen and oxygen atoms in total. The minimum atomic E-state index is -0.437. The number of benzene rings is 2. The van der Waals surface area contributed by atoms with Crippen LogP contribution in [0.3, 0.4) is 0 Å². The first-order valence-electron chi connectivity index (χ1n) is 7.45. The van der Waals surface area contributed by atoms with Gasteiger partial charge in [0, 0.05) is 16.1 Å². The van der Waals surface area contributed by atoms with Crippen LogP contribution >= 0.6 is 47.8 Å². The van der Waals surface area contributed by atoms with Gasteiger partial charge in [-0.2, -0.15) is 5.10 Å². The molecule has 9 heteroatoms. The summed E-state index contributed by atoms with van der Waals surface area (Å²) in [5, 5.41) is 13.7. The van der Waals surface area contributed by atoms with Crippen molar-refractivity contribution in [2.45, 2.75) is 6.92 Å². The molecule has 26 heavy (non-hydrogen) atoms. The summed E-state index contributed by atoms with van der Waals surface area (Å²) in [4.78, 5) is 11.8. The molecule has 2 aromatic rings. The van der Waals surface area contributed by atoms with Crippen LogP contribution < -0.4 is 14.9 Å². The molecule has 2 aromatic carbocycles. The maximum atomic E-state index is 11.8. The van der Waals surface area contributed by atoms with Crippen molar-refractivity contribution in [1.29, 1.82) is 0 Å². The van der Waals surface area contributed by atoms with Crippen molar-refractivity contribution < 1.29 is 19.4 Å². The fourth-order valence-electron chi connectivity index (χ4n) is 1.90. The molecule has 0 unspecified atom stereocenters. The summed E-state index contributed by atoms with van der Waals surface area (Å²) in [5.74, 6) is 0.642. The third kappa shape index (κ3) is 6.00. The Morgan fingerprint density at radius 1 is 1.19 bits per heavy atom. The van der Waals surface area contributed by atoms with Crippen molar-refractivity contribution in [1.82, 2.24) is 5.43 Å². The highest BCUT2D eigenvalue weighted by Gasteiger charge is 2.10. The van der Waals surface area contributed by atoms with Crippen molar-refractivity contribution in [2.75, 3.05) is 13.2 Å². The number of hydrazone groups is 1. The maximum Gasteiger partial charge on any atom is 0.277 e. The molecule has 0 aliphatic rings. The first-order valence-corrected chi connectivity index (χ1v) is 9.83. The average molecular weight is 551 g/mol. The second-order valence-corrected chi connectivity index (χ2v) is 7.56. The molecule has 0 saturated heterocycles. The second-order valence-electron chi connectivity index (χ2n) is 4.93. The standard InChI is InChI=1S/C17H15Br3N2O4/c1-2-25-12-4-3-10(15(23)7-12)8-21-22-16(24)9-26-17-13(19)5-11(18)6-14(17)20/h3-8,23H,2,9H2,1H3,(H,22,24)/b21-8-. The Morgan fingerprint density at radius 2 is 1.88 bits per heavy atom. The highest BCUT2D eigenvalue weighted by molar-refractivity contribution is 9.11. The van der Waals surface area contributed by atoms with Crippen LogP contribution in [0.1, 0.15) is 12.5 Å². The van der Waals surface area contributed by atoms with Gasteiger partial charge >= 0.3 is 0 Å². The highest BCUT2D eigenvalue weighted by atomic mass is 79.9. The molecule has 2 N–H and O–H groups in total. The molecule has 138 valence electrons. The van der Waals surface area contributed by atoms with E-state index in [0.29, 0.717) is 32.6 Å². The van der Waals surface area contributed by atoms with Crippen LogP contribution in [0.5, 0.6) is 17.2 Å². The molecule has 0 aliphatic heterocycles. The van der Waals surface area contributed by atoms with Gasteiger partial charge in [0.2, 0.25) is 0 Å². The number of amides is 1. The Morgan fingerprint density at radius 3 is 2.50 bits per heavy atom. The zero-order valence-electron chi connectivity index (χ0n) is 13.6. The molecular formula is C17H15Br3N2O4. The topological polar surface area (TPSA) is 80.2 Å². The summed E-state index contributed by atoms with van der Waals surface area (Å²) in [6.07, 6.45) is 1.34. The lowest BCUT2D eigenvalue weighted by Crippen LogP contribution is -2.24. The van der Waals surface area contributed by atoms with E-state index in [2.05, 4.69) is 58.3 Å². The van der Waals surface area contributed by atoms with Crippen LogP contribution in [-0.4, -0.2) is 30.4 Å². The lowest BCUT2D eigenvalue weighted by atomic mass is 10.2. The quantitative estimate of drug-likeness (QED) is 0.390. The van der Waals surface area contributed by atoms with Crippen molar-refractivity contribution >= 4 is 59.9 Å². The molecule has 0 spiro atoms. The van der Waals surface area contributed by atoms with Gasteiger partial charge in [0.15, 0.2) is 6.61 Å². The third-order valence-corrected chi connectivity index (χ3v) is 4.65. The van der Waals surface area contributed by atoms with Crippen LogP contribution in [0.15, 0.2) is 48.9 Å². The van der Waals surface area contributed by atoms with Crippen molar-refractivity contribution in [3.63, 3.8) is 0 Å². The van der Waals surface area contributed by atoms with Gasteiger partial charge < -0.3 is 14.6 Å². The lowest BCUT2D eigenvalue weighted by molar-refractivity contribution is -0.123. The number of rotatable bonds is 7. The van der Waals surface area contributed by atoms with Gasteiger partial charge in [-0.3, -0.25) is 4.79 Å².